The van der Waals surface area contributed by atoms with Crippen LogP contribution in [0.2, 0.25) is 0 Å². The third-order valence-corrected chi connectivity index (χ3v) is 2.09. The van der Waals surface area contributed by atoms with E-state index in [9.17, 15) is 0 Å². The largest absolute Gasteiger partial charge is 0.497 e. The van der Waals surface area contributed by atoms with Gasteiger partial charge < -0.3 is 14.6 Å². The van der Waals surface area contributed by atoms with Crippen LogP contribution in [0.25, 0.3) is 10.9 Å². The van der Waals surface area contributed by atoms with Gasteiger partial charge in [-0.1, -0.05) is 0 Å². The van der Waals surface area contributed by atoms with Crippen molar-refractivity contribution < 1.29 is 14.6 Å². The smallest absolute Gasteiger partial charge is 0.316 e. The number of rotatable bonds is 4. The number of aliphatic hydroxyl groups excluding tert-OH is 1. The lowest BCUT2D eigenvalue weighted by molar-refractivity contribution is 0.192. The molecule has 0 amide bonds. The summed E-state index contributed by atoms with van der Waals surface area (Å²) in [7, 11) is 1.61. The van der Waals surface area contributed by atoms with Crippen molar-refractivity contribution in [2.45, 2.75) is 0 Å². The van der Waals surface area contributed by atoms with Gasteiger partial charge in [0.25, 0.3) is 0 Å². The first-order valence-corrected chi connectivity index (χ1v) is 4.88. The average Bonchev–Trinajstić information content (AvgIpc) is 2.35. The van der Waals surface area contributed by atoms with Crippen LogP contribution in [0.4, 0.5) is 0 Å². The Morgan fingerprint density at radius 2 is 2.25 bits per heavy atom. The summed E-state index contributed by atoms with van der Waals surface area (Å²) < 4.78 is 10.2. The number of ether oxygens (including phenoxy) is 2. The number of aromatic nitrogens is 2. The number of benzene rings is 1. The van der Waals surface area contributed by atoms with Crippen LogP contribution in [-0.2, 0) is 0 Å². The van der Waals surface area contributed by atoms with Crippen molar-refractivity contribution in [3.63, 3.8) is 0 Å². The van der Waals surface area contributed by atoms with Crippen LogP contribution in [0, 0.1) is 0 Å². The Balaban J connectivity index is 2.32. The van der Waals surface area contributed by atoms with Gasteiger partial charge in [-0.25, -0.2) is 4.98 Å². The molecular formula is C11H12N2O3. The van der Waals surface area contributed by atoms with Crippen molar-refractivity contribution in [1.82, 2.24) is 9.97 Å². The summed E-state index contributed by atoms with van der Waals surface area (Å²) in [6, 6.07) is 5.78. The molecular weight excluding hydrogens is 208 g/mol. The quantitative estimate of drug-likeness (QED) is 0.833. The van der Waals surface area contributed by atoms with Crippen molar-refractivity contribution in [3.05, 3.63) is 24.4 Å². The van der Waals surface area contributed by atoms with E-state index in [2.05, 4.69) is 9.97 Å². The topological polar surface area (TPSA) is 64.5 Å². The van der Waals surface area contributed by atoms with Gasteiger partial charge in [0, 0.05) is 11.6 Å². The van der Waals surface area contributed by atoms with Crippen molar-refractivity contribution in [2.75, 3.05) is 20.3 Å². The van der Waals surface area contributed by atoms with Crippen LogP contribution in [0.3, 0.4) is 0 Å². The zero-order valence-electron chi connectivity index (χ0n) is 8.88. The van der Waals surface area contributed by atoms with Gasteiger partial charge >= 0.3 is 6.01 Å². The van der Waals surface area contributed by atoms with Gasteiger partial charge in [0.05, 0.1) is 19.2 Å². The molecule has 16 heavy (non-hydrogen) atoms. The molecule has 0 fully saturated rings. The molecule has 5 heteroatoms. The van der Waals surface area contributed by atoms with Crippen LogP contribution < -0.4 is 9.47 Å². The summed E-state index contributed by atoms with van der Waals surface area (Å²) in [6.45, 7) is 0.145. The molecule has 0 saturated carbocycles. The van der Waals surface area contributed by atoms with E-state index in [1.807, 2.05) is 18.2 Å². The highest BCUT2D eigenvalue weighted by Gasteiger charge is 2.01. The third-order valence-electron chi connectivity index (χ3n) is 2.09. The van der Waals surface area contributed by atoms with Crippen LogP contribution in [0.15, 0.2) is 24.4 Å². The van der Waals surface area contributed by atoms with Gasteiger partial charge in [-0.2, -0.15) is 4.98 Å². The van der Waals surface area contributed by atoms with E-state index in [4.69, 9.17) is 14.6 Å². The molecule has 0 aliphatic rings. The molecule has 5 nitrogen and oxygen atoms in total. The summed E-state index contributed by atoms with van der Waals surface area (Å²) in [5.41, 5.74) is 0.781. The zero-order chi connectivity index (χ0) is 11.4. The molecule has 1 aromatic heterocycles. The van der Waals surface area contributed by atoms with E-state index < -0.39 is 0 Å². The zero-order valence-corrected chi connectivity index (χ0v) is 8.88. The van der Waals surface area contributed by atoms with Gasteiger partial charge in [0.15, 0.2) is 0 Å². The molecule has 1 N–H and O–H groups in total. The maximum Gasteiger partial charge on any atom is 0.316 e. The molecule has 0 unspecified atom stereocenters. The number of methoxy groups -OCH3 is 1. The highest BCUT2D eigenvalue weighted by atomic mass is 16.5. The van der Waals surface area contributed by atoms with Crippen LogP contribution in [-0.4, -0.2) is 35.4 Å². The molecule has 0 bridgehead atoms. The van der Waals surface area contributed by atoms with Crippen LogP contribution >= 0.6 is 0 Å². The summed E-state index contributed by atoms with van der Waals surface area (Å²) in [4.78, 5) is 8.21. The molecule has 0 saturated heterocycles. The third kappa shape index (κ3) is 2.20. The fourth-order valence-corrected chi connectivity index (χ4v) is 1.33. The van der Waals surface area contributed by atoms with E-state index >= 15 is 0 Å². The lowest BCUT2D eigenvalue weighted by atomic mass is 10.2. The number of nitrogens with zero attached hydrogens (tertiary/aromatic N) is 2. The van der Waals surface area contributed by atoms with Crippen molar-refractivity contribution in [1.29, 1.82) is 0 Å². The van der Waals surface area contributed by atoms with Crippen molar-refractivity contribution in [3.8, 4) is 11.8 Å². The lowest BCUT2D eigenvalue weighted by Gasteiger charge is -2.04. The predicted octanol–water partition coefficient (Wildman–Crippen LogP) is 1.01. The Morgan fingerprint density at radius 3 is 3.00 bits per heavy atom. The Labute approximate surface area is 92.7 Å². The number of fused-ring (bicyclic) bond motifs is 1. The van der Waals surface area contributed by atoms with E-state index in [0.717, 1.165) is 16.7 Å². The summed E-state index contributed by atoms with van der Waals surface area (Å²) >= 11 is 0. The average molecular weight is 220 g/mol. The SMILES string of the molecule is COc1ccc2nc(OCCO)ncc2c1. The van der Waals surface area contributed by atoms with E-state index in [1.54, 1.807) is 13.3 Å². The second kappa shape index (κ2) is 4.76. The van der Waals surface area contributed by atoms with Gasteiger partial charge in [0.1, 0.15) is 12.4 Å². The molecule has 0 radical (unpaired) electrons. The minimum absolute atomic E-state index is 0.0516. The highest BCUT2D eigenvalue weighted by Crippen LogP contribution is 2.19. The normalized spacial score (nSPS) is 10.4. The molecule has 1 heterocycles. The fraction of sp³-hybridized carbons (Fsp3) is 0.273. The van der Waals surface area contributed by atoms with Gasteiger partial charge in [-0.15, -0.1) is 0 Å². The first-order valence-electron chi connectivity index (χ1n) is 4.88. The van der Waals surface area contributed by atoms with E-state index in [1.165, 1.54) is 0 Å². The molecule has 1 aromatic carbocycles. The standard InChI is InChI=1S/C11H12N2O3/c1-15-9-2-3-10-8(6-9)7-12-11(13-10)16-5-4-14/h2-3,6-7,14H,4-5H2,1H3. The maximum absolute atomic E-state index is 8.61. The van der Waals surface area contributed by atoms with Crippen LogP contribution in [0.5, 0.6) is 11.8 Å². The second-order valence-electron chi connectivity index (χ2n) is 3.15. The summed E-state index contributed by atoms with van der Waals surface area (Å²) in [5.74, 6) is 0.764. The lowest BCUT2D eigenvalue weighted by Crippen LogP contribution is -2.04. The van der Waals surface area contributed by atoms with E-state index in [0.29, 0.717) is 0 Å². The number of hydrogen-bond acceptors (Lipinski definition) is 5. The van der Waals surface area contributed by atoms with Gasteiger partial charge in [0.2, 0.25) is 0 Å². The van der Waals surface area contributed by atoms with Gasteiger partial charge in [-0.05, 0) is 18.2 Å². The summed E-state index contributed by atoms with van der Waals surface area (Å²) in [5, 5.41) is 9.50. The first kappa shape index (κ1) is 10.6. The molecule has 0 aliphatic heterocycles. The Kier molecular flexibility index (Phi) is 3.16. The van der Waals surface area contributed by atoms with Gasteiger partial charge in [-0.3, -0.25) is 0 Å². The fourth-order valence-electron chi connectivity index (χ4n) is 1.33. The molecule has 0 atom stereocenters. The summed E-state index contributed by atoms with van der Waals surface area (Å²) in [6.07, 6.45) is 1.66. The molecule has 2 rings (SSSR count). The monoisotopic (exact) mass is 220 g/mol. The Bertz CT molecular complexity index is 488. The number of hydrogen-bond donors (Lipinski definition) is 1. The molecule has 0 aliphatic carbocycles. The first-order chi connectivity index (χ1) is 7.83. The van der Waals surface area contributed by atoms with Crippen molar-refractivity contribution in [2.24, 2.45) is 0 Å². The van der Waals surface area contributed by atoms with E-state index in [-0.39, 0.29) is 19.2 Å². The van der Waals surface area contributed by atoms with Crippen LogP contribution in [0.1, 0.15) is 0 Å². The second-order valence-corrected chi connectivity index (χ2v) is 3.15. The predicted molar refractivity (Wildman–Crippen MR) is 58.7 cm³/mol. The molecule has 84 valence electrons. The maximum atomic E-state index is 8.61. The Hall–Kier alpha value is -1.88. The van der Waals surface area contributed by atoms with Crippen molar-refractivity contribution >= 4 is 10.9 Å². The highest BCUT2D eigenvalue weighted by molar-refractivity contribution is 5.79. The minimum Gasteiger partial charge on any atom is -0.497 e. The minimum atomic E-state index is -0.0516. The Morgan fingerprint density at radius 1 is 1.38 bits per heavy atom. The molecule has 2 aromatic rings. The number of aliphatic hydroxyl groups is 1. The molecule has 0 spiro atoms.